The number of aryl methyl sites for hydroxylation is 1. The molecule has 0 atom stereocenters. The predicted molar refractivity (Wildman–Crippen MR) is 57.9 cm³/mol. The van der Waals surface area contributed by atoms with Gasteiger partial charge in [0.2, 0.25) is 0 Å². The van der Waals surface area contributed by atoms with E-state index < -0.39 is 5.54 Å². The van der Waals surface area contributed by atoms with Crippen LogP contribution in [0.1, 0.15) is 23.7 Å². The van der Waals surface area contributed by atoms with Gasteiger partial charge in [-0.1, -0.05) is 6.92 Å². The largest absolute Gasteiger partial charge is 0.394 e. The Morgan fingerprint density at radius 1 is 1.56 bits per heavy atom. The molecule has 0 radical (unpaired) electrons. The van der Waals surface area contributed by atoms with Crippen LogP contribution in [0, 0.1) is 0 Å². The van der Waals surface area contributed by atoms with Gasteiger partial charge in [-0.3, -0.25) is 9.48 Å². The van der Waals surface area contributed by atoms with E-state index in [1.807, 2.05) is 0 Å². The Bertz CT molecular complexity index is 350. The maximum absolute atomic E-state index is 11.8. The molecule has 0 spiro atoms. The highest BCUT2D eigenvalue weighted by Gasteiger charge is 2.29. The van der Waals surface area contributed by atoms with Crippen molar-refractivity contribution in [1.29, 1.82) is 0 Å². The first-order valence-corrected chi connectivity index (χ1v) is 5.10. The van der Waals surface area contributed by atoms with Crippen LogP contribution >= 0.6 is 0 Å². The Morgan fingerprint density at radius 3 is 2.56 bits per heavy atom. The first-order valence-electron chi connectivity index (χ1n) is 5.10. The van der Waals surface area contributed by atoms with E-state index in [-0.39, 0.29) is 19.1 Å². The summed E-state index contributed by atoms with van der Waals surface area (Å²) in [5, 5.41) is 24.9. The van der Waals surface area contributed by atoms with Gasteiger partial charge in [-0.25, -0.2) is 0 Å². The van der Waals surface area contributed by atoms with Crippen LogP contribution in [0.25, 0.3) is 0 Å². The van der Waals surface area contributed by atoms with Gasteiger partial charge in [0.25, 0.3) is 5.91 Å². The number of carbonyl (C=O) groups is 1. The fourth-order valence-electron chi connectivity index (χ4n) is 1.29. The van der Waals surface area contributed by atoms with Crippen molar-refractivity contribution < 1.29 is 15.0 Å². The standard InChI is InChI=1S/C10H17N3O3/c1-3-10(6-14,7-15)12-9(16)8-4-11-13(2)5-8/h4-5,14-15H,3,6-7H2,1-2H3,(H,12,16). The van der Waals surface area contributed by atoms with Crippen LogP contribution in [0.2, 0.25) is 0 Å². The average Bonchev–Trinajstić information content (AvgIpc) is 2.73. The van der Waals surface area contributed by atoms with Crippen molar-refractivity contribution in [3.05, 3.63) is 18.0 Å². The van der Waals surface area contributed by atoms with Gasteiger partial charge >= 0.3 is 0 Å². The maximum Gasteiger partial charge on any atom is 0.255 e. The molecular weight excluding hydrogens is 210 g/mol. The summed E-state index contributed by atoms with van der Waals surface area (Å²) in [5.41, 5.74) is -0.561. The van der Waals surface area contributed by atoms with Crippen molar-refractivity contribution in [2.24, 2.45) is 7.05 Å². The molecule has 0 aliphatic rings. The second kappa shape index (κ2) is 5.09. The lowest BCUT2D eigenvalue weighted by Crippen LogP contribution is -2.53. The molecule has 0 saturated heterocycles. The number of hydrogen-bond donors (Lipinski definition) is 3. The highest BCUT2D eigenvalue weighted by Crippen LogP contribution is 2.10. The number of carbonyl (C=O) groups excluding carboxylic acids is 1. The van der Waals surface area contributed by atoms with Crippen LogP contribution in [0.15, 0.2) is 12.4 Å². The molecule has 1 rings (SSSR count). The molecule has 6 nitrogen and oxygen atoms in total. The maximum atomic E-state index is 11.8. The number of nitrogens with one attached hydrogen (secondary N) is 1. The molecule has 1 heterocycles. The molecule has 0 bridgehead atoms. The summed E-state index contributed by atoms with van der Waals surface area (Å²) in [6, 6.07) is 0. The van der Waals surface area contributed by atoms with Gasteiger partial charge in [-0.05, 0) is 6.42 Å². The Balaban J connectivity index is 2.76. The molecule has 3 N–H and O–H groups in total. The molecule has 0 aromatic carbocycles. The fraction of sp³-hybridized carbons (Fsp3) is 0.600. The van der Waals surface area contributed by atoms with Gasteiger partial charge in [0.15, 0.2) is 0 Å². The number of hydrogen-bond acceptors (Lipinski definition) is 4. The summed E-state index contributed by atoms with van der Waals surface area (Å²) in [6.45, 7) is 1.19. The van der Waals surface area contributed by atoms with E-state index in [0.717, 1.165) is 0 Å². The van der Waals surface area contributed by atoms with E-state index in [2.05, 4.69) is 10.4 Å². The molecule has 0 aliphatic carbocycles. The zero-order valence-electron chi connectivity index (χ0n) is 9.47. The van der Waals surface area contributed by atoms with Crippen LogP contribution in [-0.2, 0) is 7.05 Å². The number of aliphatic hydroxyl groups excluding tert-OH is 2. The summed E-state index contributed by atoms with van der Waals surface area (Å²) in [6.07, 6.45) is 3.46. The SMILES string of the molecule is CCC(CO)(CO)NC(=O)c1cnn(C)c1. The smallest absolute Gasteiger partial charge is 0.255 e. The normalized spacial score (nSPS) is 11.5. The minimum absolute atomic E-state index is 0.300. The van der Waals surface area contributed by atoms with Crippen LogP contribution in [0.4, 0.5) is 0 Å². The van der Waals surface area contributed by atoms with Gasteiger partial charge in [-0.15, -0.1) is 0 Å². The first kappa shape index (κ1) is 12.7. The van der Waals surface area contributed by atoms with E-state index >= 15 is 0 Å². The minimum atomic E-state index is -0.965. The molecular formula is C10H17N3O3. The molecule has 1 aromatic heterocycles. The molecule has 1 aromatic rings. The summed E-state index contributed by atoms with van der Waals surface area (Å²) < 4.78 is 1.51. The fourth-order valence-corrected chi connectivity index (χ4v) is 1.29. The third-order valence-electron chi connectivity index (χ3n) is 2.63. The summed E-state index contributed by atoms with van der Waals surface area (Å²) in [5.74, 6) is -0.349. The predicted octanol–water partition coefficient (Wildman–Crippen LogP) is -0.717. The number of aliphatic hydroxyl groups is 2. The number of rotatable bonds is 5. The lowest BCUT2D eigenvalue weighted by Gasteiger charge is -2.29. The van der Waals surface area contributed by atoms with Crippen molar-refractivity contribution in [2.45, 2.75) is 18.9 Å². The minimum Gasteiger partial charge on any atom is -0.394 e. The average molecular weight is 227 g/mol. The Labute approximate surface area is 93.9 Å². The molecule has 0 aliphatic heterocycles. The molecule has 6 heteroatoms. The lowest BCUT2D eigenvalue weighted by molar-refractivity contribution is 0.0653. The third-order valence-corrected chi connectivity index (χ3v) is 2.63. The van der Waals surface area contributed by atoms with Crippen LogP contribution in [0.5, 0.6) is 0 Å². The molecule has 0 unspecified atom stereocenters. The summed E-state index contributed by atoms with van der Waals surface area (Å²) >= 11 is 0. The number of nitrogens with zero attached hydrogens (tertiary/aromatic N) is 2. The van der Waals surface area contributed by atoms with Gasteiger partial charge in [0, 0.05) is 13.2 Å². The van der Waals surface area contributed by atoms with Crippen LogP contribution in [-0.4, -0.2) is 44.7 Å². The topological polar surface area (TPSA) is 87.4 Å². The molecule has 0 saturated carbocycles. The summed E-state index contributed by atoms with van der Waals surface area (Å²) in [7, 11) is 1.71. The van der Waals surface area contributed by atoms with Crippen molar-refractivity contribution in [3.8, 4) is 0 Å². The van der Waals surface area contributed by atoms with Crippen molar-refractivity contribution in [2.75, 3.05) is 13.2 Å². The van der Waals surface area contributed by atoms with Crippen LogP contribution in [0.3, 0.4) is 0 Å². The highest BCUT2D eigenvalue weighted by molar-refractivity contribution is 5.94. The highest BCUT2D eigenvalue weighted by atomic mass is 16.3. The molecule has 0 fully saturated rings. The Kier molecular flexibility index (Phi) is 4.03. The van der Waals surface area contributed by atoms with Crippen molar-refractivity contribution in [3.63, 3.8) is 0 Å². The Morgan fingerprint density at radius 2 is 2.19 bits per heavy atom. The second-order valence-electron chi connectivity index (χ2n) is 3.81. The quantitative estimate of drug-likeness (QED) is 0.619. The second-order valence-corrected chi connectivity index (χ2v) is 3.81. The van der Waals surface area contributed by atoms with E-state index in [0.29, 0.717) is 12.0 Å². The first-order chi connectivity index (χ1) is 7.56. The lowest BCUT2D eigenvalue weighted by atomic mass is 9.98. The van der Waals surface area contributed by atoms with Gasteiger partial charge in [0.05, 0.1) is 30.5 Å². The third kappa shape index (κ3) is 2.59. The van der Waals surface area contributed by atoms with Gasteiger partial charge < -0.3 is 15.5 Å². The Hall–Kier alpha value is -1.40. The number of aromatic nitrogens is 2. The number of amides is 1. The zero-order chi connectivity index (χ0) is 12.2. The van der Waals surface area contributed by atoms with Crippen LogP contribution < -0.4 is 5.32 Å². The van der Waals surface area contributed by atoms with Gasteiger partial charge in [0.1, 0.15) is 0 Å². The monoisotopic (exact) mass is 227 g/mol. The molecule has 90 valence electrons. The van der Waals surface area contributed by atoms with Crippen molar-refractivity contribution >= 4 is 5.91 Å². The van der Waals surface area contributed by atoms with E-state index in [9.17, 15) is 15.0 Å². The van der Waals surface area contributed by atoms with Crippen molar-refractivity contribution in [1.82, 2.24) is 15.1 Å². The van der Waals surface area contributed by atoms with E-state index in [4.69, 9.17) is 0 Å². The molecule has 1 amide bonds. The van der Waals surface area contributed by atoms with E-state index in [1.165, 1.54) is 10.9 Å². The molecule has 16 heavy (non-hydrogen) atoms. The summed E-state index contributed by atoms with van der Waals surface area (Å²) in [4.78, 5) is 11.8. The van der Waals surface area contributed by atoms with E-state index in [1.54, 1.807) is 20.2 Å². The van der Waals surface area contributed by atoms with Gasteiger partial charge in [-0.2, -0.15) is 5.10 Å². The zero-order valence-corrected chi connectivity index (χ0v) is 9.47.